The summed E-state index contributed by atoms with van der Waals surface area (Å²) in [4.78, 5) is 13.7. The van der Waals surface area contributed by atoms with Gasteiger partial charge in [0.15, 0.2) is 9.84 Å². The van der Waals surface area contributed by atoms with Crippen LogP contribution in [0.4, 0.5) is 5.69 Å². The van der Waals surface area contributed by atoms with Crippen molar-refractivity contribution in [3.8, 4) is 0 Å². The van der Waals surface area contributed by atoms with E-state index in [1.54, 1.807) is 25.2 Å². The maximum absolute atomic E-state index is 12.3. The molecular weight excluding hydrogens is 264 g/mol. The van der Waals surface area contributed by atoms with E-state index in [1.165, 1.54) is 18.7 Å². The molecule has 6 heteroatoms. The molecule has 2 N–H and O–H groups in total. The van der Waals surface area contributed by atoms with Gasteiger partial charge >= 0.3 is 0 Å². The average molecular weight is 284 g/mol. The van der Waals surface area contributed by atoms with Crippen molar-refractivity contribution in [1.82, 2.24) is 0 Å². The first kappa shape index (κ1) is 15.7. The van der Waals surface area contributed by atoms with Crippen molar-refractivity contribution in [2.45, 2.75) is 25.1 Å². The van der Waals surface area contributed by atoms with Gasteiger partial charge in [-0.15, -0.1) is 0 Å². The topological polar surface area (TPSA) is 80.5 Å². The first-order chi connectivity index (χ1) is 8.61. The number of sulfone groups is 1. The van der Waals surface area contributed by atoms with Crippen LogP contribution in [0.25, 0.3) is 0 Å². The molecule has 19 heavy (non-hydrogen) atoms. The lowest BCUT2D eigenvalue weighted by molar-refractivity contribution is -0.120. The minimum absolute atomic E-state index is 0.366. The van der Waals surface area contributed by atoms with Gasteiger partial charge in [-0.05, 0) is 31.5 Å². The van der Waals surface area contributed by atoms with E-state index in [0.717, 1.165) is 11.8 Å². The summed E-state index contributed by atoms with van der Waals surface area (Å²) >= 11 is 0. The van der Waals surface area contributed by atoms with Crippen LogP contribution in [0.5, 0.6) is 0 Å². The summed E-state index contributed by atoms with van der Waals surface area (Å²) in [6.07, 6.45) is 1.06. The summed E-state index contributed by atoms with van der Waals surface area (Å²) in [7, 11) is -1.93. The highest BCUT2D eigenvalue weighted by molar-refractivity contribution is 7.92. The molecule has 0 aliphatic heterocycles. The maximum atomic E-state index is 12.3. The molecule has 0 saturated heterocycles. The number of nitrogens with two attached hydrogens (primary N) is 1. The molecule has 0 aliphatic carbocycles. The van der Waals surface area contributed by atoms with Gasteiger partial charge in [0, 0.05) is 25.5 Å². The number of nitrogens with zero attached hydrogens (tertiary/aromatic N) is 1. The number of carbonyl (C=O) groups excluding carboxylic acids is 1. The third-order valence-corrected chi connectivity index (χ3v) is 5.31. The van der Waals surface area contributed by atoms with E-state index in [4.69, 9.17) is 5.73 Å². The highest BCUT2D eigenvalue weighted by Gasteiger charge is 2.40. The number of hydrogen-bond acceptors (Lipinski definition) is 4. The van der Waals surface area contributed by atoms with Gasteiger partial charge in [-0.2, -0.15) is 0 Å². The Bertz CT molecular complexity index is 579. The zero-order valence-corrected chi connectivity index (χ0v) is 12.5. The molecule has 0 bridgehead atoms. The van der Waals surface area contributed by atoms with Crippen LogP contribution in [0, 0.1) is 0 Å². The number of rotatable bonds is 4. The van der Waals surface area contributed by atoms with Gasteiger partial charge in [0.2, 0.25) is 5.91 Å². The van der Waals surface area contributed by atoms with Crippen LogP contribution in [-0.4, -0.2) is 32.4 Å². The number of anilines is 1. The number of amides is 1. The van der Waals surface area contributed by atoms with Crippen molar-refractivity contribution in [1.29, 1.82) is 0 Å². The monoisotopic (exact) mass is 284 g/mol. The number of hydrogen-bond donors (Lipinski definition) is 1. The van der Waals surface area contributed by atoms with E-state index in [2.05, 4.69) is 0 Å². The van der Waals surface area contributed by atoms with Crippen LogP contribution < -0.4 is 10.6 Å². The molecule has 0 atom stereocenters. The zero-order chi connectivity index (χ0) is 14.8. The zero-order valence-electron chi connectivity index (χ0n) is 11.7. The van der Waals surface area contributed by atoms with Crippen LogP contribution in [0.3, 0.4) is 0 Å². The summed E-state index contributed by atoms with van der Waals surface area (Å²) in [5.74, 6) is -0.468. The average Bonchev–Trinajstić information content (AvgIpc) is 2.35. The van der Waals surface area contributed by atoms with Crippen molar-refractivity contribution in [3.05, 3.63) is 29.8 Å². The molecule has 1 amide bonds. The van der Waals surface area contributed by atoms with Crippen molar-refractivity contribution in [2.24, 2.45) is 5.73 Å². The molecule has 1 aromatic rings. The van der Waals surface area contributed by atoms with Gasteiger partial charge in [0.25, 0.3) is 0 Å². The molecule has 0 radical (unpaired) electrons. The molecule has 1 rings (SSSR count). The maximum Gasteiger partial charge on any atom is 0.247 e. The van der Waals surface area contributed by atoms with Crippen LogP contribution >= 0.6 is 0 Å². The fourth-order valence-electron chi connectivity index (χ4n) is 1.57. The lowest BCUT2D eigenvalue weighted by Crippen LogP contribution is -2.48. The Labute approximate surface area is 114 Å². The van der Waals surface area contributed by atoms with Crippen LogP contribution in [0.1, 0.15) is 19.4 Å². The molecule has 0 unspecified atom stereocenters. The molecule has 1 aromatic carbocycles. The standard InChI is InChI=1S/C13H20N2O3S/c1-13(2,19(4,17)18)12(16)15(3)11-7-5-6-10(8-11)9-14/h5-8H,9,14H2,1-4H3. The predicted molar refractivity (Wildman–Crippen MR) is 76.7 cm³/mol. The molecule has 0 saturated carbocycles. The fraction of sp³-hybridized carbons (Fsp3) is 0.462. The molecule has 0 aliphatic rings. The van der Waals surface area contributed by atoms with Gasteiger partial charge in [0.1, 0.15) is 4.75 Å². The summed E-state index contributed by atoms with van der Waals surface area (Å²) in [5, 5.41) is 0. The molecule has 0 fully saturated rings. The lowest BCUT2D eigenvalue weighted by Gasteiger charge is -2.28. The van der Waals surface area contributed by atoms with Crippen molar-refractivity contribution in [2.75, 3.05) is 18.2 Å². The predicted octanol–water partition coefficient (Wildman–Crippen LogP) is 0.931. The smallest absolute Gasteiger partial charge is 0.247 e. The highest BCUT2D eigenvalue weighted by atomic mass is 32.2. The normalized spacial score (nSPS) is 12.3. The Morgan fingerprint density at radius 2 is 1.95 bits per heavy atom. The first-order valence-electron chi connectivity index (χ1n) is 5.88. The minimum Gasteiger partial charge on any atom is -0.326 e. The number of carbonyl (C=O) groups is 1. The van der Waals surface area contributed by atoms with Gasteiger partial charge in [0.05, 0.1) is 0 Å². The fourth-order valence-corrected chi connectivity index (χ4v) is 2.03. The first-order valence-corrected chi connectivity index (χ1v) is 7.77. The highest BCUT2D eigenvalue weighted by Crippen LogP contribution is 2.23. The van der Waals surface area contributed by atoms with E-state index in [-0.39, 0.29) is 0 Å². The van der Waals surface area contributed by atoms with Crippen LogP contribution in [0.2, 0.25) is 0 Å². The quantitative estimate of drug-likeness (QED) is 0.892. The molecule has 106 valence electrons. The summed E-state index contributed by atoms with van der Waals surface area (Å²) in [6.45, 7) is 3.19. The third kappa shape index (κ3) is 3.13. The molecule has 5 nitrogen and oxygen atoms in total. The third-order valence-electron chi connectivity index (χ3n) is 3.28. The lowest BCUT2D eigenvalue weighted by atomic mass is 10.1. The van der Waals surface area contributed by atoms with Crippen molar-refractivity contribution in [3.63, 3.8) is 0 Å². The van der Waals surface area contributed by atoms with E-state index >= 15 is 0 Å². The second-order valence-corrected chi connectivity index (χ2v) is 7.59. The van der Waals surface area contributed by atoms with Gasteiger partial charge in [-0.25, -0.2) is 8.42 Å². The van der Waals surface area contributed by atoms with Gasteiger partial charge in [-0.3, -0.25) is 4.79 Å². The second kappa shape index (κ2) is 5.30. The molecule has 0 heterocycles. The molecule has 0 spiro atoms. The van der Waals surface area contributed by atoms with Crippen molar-refractivity contribution >= 4 is 21.4 Å². The summed E-state index contributed by atoms with van der Waals surface area (Å²) < 4.78 is 21.9. The SMILES string of the molecule is CN(C(=O)C(C)(C)S(C)(=O)=O)c1cccc(CN)c1. The van der Waals surface area contributed by atoms with E-state index in [1.807, 2.05) is 6.07 Å². The Balaban J connectivity index is 3.13. The Morgan fingerprint density at radius 1 is 1.37 bits per heavy atom. The largest absolute Gasteiger partial charge is 0.326 e. The Morgan fingerprint density at radius 3 is 2.42 bits per heavy atom. The van der Waals surface area contributed by atoms with E-state index in [0.29, 0.717) is 12.2 Å². The van der Waals surface area contributed by atoms with Gasteiger partial charge in [-0.1, -0.05) is 12.1 Å². The van der Waals surface area contributed by atoms with E-state index < -0.39 is 20.5 Å². The number of benzene rings is 1. The van der Waals surface area contributed by atoms with Gasteiger partial charge < -0.3 is 10.6 Å². The molecule has 0 aromatic heterocycles. The van der Waals surface area contributed by atoms with Crippen LogP contribution in [-0.2, 0) is 21.2 Å². The van der Waals surface area contributed by atoms with Crippen molar-refractivity contribution < 1.29 is 13.2 Å². The minimum atomic E-state index is -3.49. The summed E-state index contributed by atoms with van der Waals surface area (Å²) in [6, 6.07) is 7.16. The van der Waals surface area contributed by atoms with E-state index in [9.17, 15) is 13.2 Å². The second-order valence-electron chi connectivity index (χ2n) is 5.02. The Hall–Kier alpha value is -1.40. The van der Waals surface area contributed by atoms with Crippen LogP contribution in [0.15, 0.2) is 24.3 Å². The molecular formula is C13H20N2O3S. The summed E-state index contributed by atoms with van der Waals surface area (Å²) in [5.41, 5.74) is 7.06. The Kier molecular flexibility index (Phi) is 4.37.